The first-order chi connectivity index (χ1) is 6.57. The number of nitrogens with zero attached hydrogens (tertiary/aromatic N) is 1. The average Bonchev–Trinajstić information content (AvgIpc) is 2.16. The minimum atomic E-state index is -1.17. The van der Waals surface area contributed by atoms with E-state index in [-0.39, 0.29) is 21.3 Å². The van der Waals surface area contributed by atoms with Crippen LogP contribution in [0.1, 0.15) is 15.9 Å². The molecule has 0 saturated heterocycles. The minimum absolute atomic E-state index is 0.0530. The molecule has 0 aromatic heterocycles. The van der Waals surface area contributed by atoms with Crippen LogP contribution >= 0.6 is 23.2 Å². The molecule has 1 aromatic carbocycles. The van der Waals surface area contributed by atoms with Crippen molar-refractivity contribution >= 4 is 34.3 Å². The lowest BCUT2D eigenvalue weighted by Crippen LogP contribution is -2.01. The van der Waals surface area contributed by atoms with Gasteiger partial charge in [0.2, 0.25) is 0 Å². The first kappa shape index (κ1) is 10.8. The van der Waals surface area contributed by atoms with Crippen LogP contribution in [-0.2, 0) is 0 Å². The summed E-state index contributed by atoms with van der Waals surface area (Å²) >= 11 is 11.2. The molecule has 6 heteroatoms. The monoisotopic (exact) mass is 233 g/mol. The summed E-state index contributed by atoms with van der Waals surface area (Å²) in [5, 5.41) is 19.5. The number of carbonyl (C=O) groups is 1. The van der Waals surface area contributed by atoms with E-state index in [9.17, 15) is 4.79 Å². The van der Waals surface area contributed by atoms with Gasteiger partial charge in [0.15, 0.2) is 5.17 Å². The third kappa shape index (κ3) is 1.97. The summed E-state index contributed by atoms with van der Waals surface area (Å²) in [5.41, 5.74) is 0.0849. The van der Waals surface area contributed by atoms with Crippen LogP contribution in [0.15, 0.2) is 23.4 Å². The first-order valence-corrected chi connectivity index (χ1v) is 4.23. The van der Waals surface area contributed by atoms with E-state index in [2.05, 4.69) is 5.16 Å². The predicted molar refractivity (Wildman–Crippen MR) is 52.6 cm³/mol. The second-order valence-electron chi connectivity index (χ2n) is 2.36. The molecule has 0 spiro atoms. The van der Waals surface area contributed by atoms with Gasteiger partial charge in [-0.05, 0) is 6.07 Å². The van der Waals surface area contributed by atoms with Crippen molar-refractivity contribution in [2.45, 2.75) is 0 Å². The van der Waals surface area contributed by atoms with Crippen molar-refractivity contribution in [1.29, 1.82) is 0 Å². The SMILES string of the molecule is O=C(O)c1cccc(C(Cl)=NO)c1Cl. The van der Waals surface area contributed by atoms with Gasteiger partial charge in [0.05, 0.1) is 10.6 Å². The molecule has 0 unspecified atom stereocenters. The summed E-state index contributed by atoms with van der Waals surface area (Å²) < 4.78 is 0. The summed E-state index contributed by atoms with van der Waals surface area (Å²) in [6.07, 6.45) is 0. The van der Waals surface area contributed by atoms with Crippen molar-refractivity contribution < 1.29 is 15.1 Å². The summed E-state index contributed by atoms with van der Waals surface area (Å²) in [6.45, 7) is 0. The standard InChI is InChI=1S/C8H5Cl2NO3/c9-6-4(7(10)11-14)2-1-3-5(6)8(12)13/h1-3,14H,(H,12,13). The highest BCUT2D eigenvalue weighted by molar-refractivity contribution is 6.70. The summed E-state index contributed by atoms with van der Waals surface area (Å²) in [6, 6.07) is 4.24. The highest BCUT2D eigenvalue weighted by atomic mass is 35.5. The van der Waals surface area contributed by atoms with Gasteiger partial charge >= 0.3 is 5.97 Å². The van der Waals surface area contributed by atoms with Crippen molar-refractivity contribution in [2.75, 3.05) is 0 Å². The Morgan fingerprint density at radius 2 is 1.93 bits per heavy atom. The normalized spacial score (nSPS) is 11.4. The second-order valence-corrected chi connectivity index (χ2v) is 3.10. The first-order valence-electron chi connectivity index (χ1n) is 3.47. The van der Waals surface area contributed by atoms with Crippen molar-refractivity contribution in [3.63, 3.8) is 0 Å². The van der Waals surface area contributed by atoms with E-state index in [1.807, 2.05) is 0 Å². The molecule has 0 aliphatic carbocycles. The average molecular weight is 234 g/mol. The van der Waals surface area contributed by atoms with E-state index in [1.165, 1.54) is 18.2 Å². The molecule has 0 bridgehead atoms. The molecule has 0 aliphatic rings. The highest BCUT2D eigenvalue weighted by Gasteiger charge is 2.14. The Bertz CT molecular complexity index is 404. The summed E-state index contributed by atoms with van der Waals surface area (Å²) in [7, 11) is 0. The Morgan fingerprint density at radius 1 is 1.36 bits per heavy atom. The lowest BCUT2D eigenvalue weighted by Gasteiger charge is -2.03. The number of aromatic carboxylic acids is 1. The van der Waals surface area contributed by atoms with Crippen LogP contribution in [0.5, 0.6) is 0 Å². The van der Waals surface area contributed by atoms with Crippen LogP contribution in [0.4, 0.5) is 0 Å². The van der Waals surface area contributed by atoms with Crippen LogP contribution in [0.25, 0.3) is 0 Å². The Kier molecular flexibility index (Phi) is 3.33. The fourth-order valence-corrected chi connectivity index (χ4v) is 1.41. The fourth-order valence-electron chi connectivity index (χ4n) is 0.910. The number of rotatable bonds is 2. The van der Waals surface area contributed by atoms with E-state index in [0.717, 1.165) is 0 Å². The van der Waals surface area contributed by atoms with Crippen molar-refractivity contribution in [1.82, 2.24) is 0 Å². The zero-order chi connectivity index (χ0) is 10.7. The second kappa shape index (κ2) is 4.30. The van der Waals surface area contributed by atoms with Gasteiger partial charge < -0.3 is 10.3 Å². The maximum Gasteiger partial charge on any atom is 0.337 e. The molecule has 0 atom stereocenters. The quantitative estimate of drug-likeness (QED) is 0.469. The van der Waals surface area contributed by atoms with E-state index in [4.69, 9.17) is 33.5 Å². The number of carboxylic acid groups (broad SMARTS) is 1. The molecule has 1 aromatic rings. The van der Waals surface area contributed by atoms with E-state index in [0.29, 0.717) is 0 Å². The van der Waals surface area contributed by atoms with E-state index in [1.54, 1.807) is 0 Å². The highest BCUT2D eigenvalue weighted by Crippen LogP contribution is 2.22. The van der Waals surface area contributed by atoms with Crippen LogP contribution in [0.2, 0.25) is 5.02 Å². The van der Waals surface area contributed by atoms with Gasteiger partial charge in [-0.3, -0.25) is 0 Å². The zero-order valence-electron chi connectivity index (χ0n) is 6.74. The number of hydrogen-bond donors (Lipinski definition) is 2. The zero-order valence-corrected chi connectivity index (χ0v) is 8.25. The third-order valence-electron chi connectivity index (χ3n) is 1.54. The molecule has 0 amide bonds. The molecule has 0 fully saturated rings. The molecule has 4 nitrogen and oxygen atoms in total. The van der Waals surface area contributed by atoms with Crippen LogP contribution in [0, 0.1) is 0 Å². The molecular weight excluding hydrogens is 229 g/mol. The Morgan fingerprint density at radius 3 is 2.43 bits per heavy atom. The van der Waals surface area contributed by atoms with Gasteiger partial charge in [-0.1, -0.05) is 40.5 Å². The lowest BCUT2D eigenvalue weighted by molar-refractivity contribution is 0.0697. The maximum absolute atomic E-state index is 10.7. The van der Waals surface area contributed by atoms with Crippen LogP contribution < -0.4 is 0 Å². The predicted octanol–water partition coefficient (Wildman–Crippen LogP) is 2.41. The summed E-state index contributed by atoms with van der Waals surface area (Å²) in [4.78, 5) is 10.7. The van der Waals surface area contributed by atoms with Gasteiger partial charge in [0.1, 0.15) is 0 Å². The molecule has 14 heavy (non-hydrogen) atoms. The van der Waals surface area contributed by atoms with Crippen molar-refractivity contribution in [2.24, 2.45) is 5.16 Å². The van der Waals surface area contributed by atoms with Crippen molar-refractivity contribution in [3.8, 4) is 0 Å². The molecule has 0 heterocycles. The Balaban J connectivity index is 3.35. The van der Waals surface area contributed by atoms with Gasteiger partial charge in [-0.25, -0.2) is 4.79 Å². The van der Waals surface area contributed by atoms with Crippen molar-refractivity contribution in [3.05, 3.63) is 34.3 Å². The summed E-state index contributed by atoms with van der Waals surface area (Å²) in [5.74, 6) is -1.17. The van der Waals surface area contributed by atoms with Gasteiger partial charge in [-0.15, -0.1) is 0 Å². The topological polar surface area (TPSA) is 69.9 Å². The van der Waals surface area contributed by atoms with Crippen LogP contribution in [0.3, 0.4) is 0 Å². The van der Waals surface area contributed by atoms with Crippen LogP contribution in [-0.4, -0.2) is 21.5 Å². The Hall–Kier alpha value is -1.26. The minimum Gasteiger partial charge on any atom is -0.478 e. The number of carboxylic acids is 1. The number of benzene rings is 1. The molecule has 74 valence electrons. The van der Waals surface area contributed by atoms with E-state index >= 15 is 0 Å². The lowest BCUT2D eigenvalue weighted by atomic mass is 10.1. The van der Waals surface area contributed by atoms with Gasteiger partial charge in [-0.2, -0.15) is 0 Å². The molecule has 1 rings (SSSR count). The molecule has 0 aliphatic heterocycles. The molecular formula is C8H5Cl2NO3. The number of hydrogen-bond acceptors (Lipinski definition) is 3. The molecule has 0 saturated carbocycles. The molecule has 2 N–H and O–H groups in total. The number of halogens is 2. The third-order valence-corrected chi connectivity index (χ3v) is 2.23. The van der Waals surface area contributed by atoms with Gasteiger partial charge in [0.25, 0.3) is 0 Å². The Labute approximate surface area is 89.4 Å². The fraction of sp³-hybridized carbons (Fsp3) is 0. The van der Waals surface area contributed by atoms with E-state index < -0.39 is 5.97 Å². The molecule has 0 radical (unpaired) electrons. The maximum atomic E-state index is 10.7. The largest absolute Gasteiger partial charge is 0.478 e. The smallest absolute Gasteiger partial charge is 0.337 e. The number of oxime groups is 1. The van der Waals surface area contributed by atoms with Gasteiger partial charge in [0, 0.05) is 5.56 Å².